The van der Waals surface area contributed by atoms with E-state index in [9.17, 15) is 5.11 Å². The number of rotatable bonds is 3. The van der Waals surface area contributed by atoms with Crippen molar-refractivity contribution in [3.63, 3.8) is 0 Å². The second-order valence-electron chi connectivity index (χ2n) is 5.77. The van der Waals surface area contributed by atoms with Crippen LogP contribution in [0.15, 0.2) is 18.2 Å². The van der Waals surface area contributed by atoms with Crippen LogP contribution in [-0.4, -0.2) is 36.0 Å². The highest BCUT2D eigenvalue weighted by Gasteiger charge is 2.39. The van der Waals surface area contributed by atoms with E-state index in [0.717, 1.165) is 17.9 Å². The van der Waals surface area contributed by atoms with E-state index in [1.54, 1.807) is 0 Å². The Labute approximate surface area is 118 Å². The van der Waals surface area contributed by atoms with Crippen molar-refractivity contribution in [2.45, 2.75) is 43.9 Å². The number of benzene rings is 1. The lowest BCUT2D eigenvalue weighted by molar-refractivity contribution is -0.0275. The van der Waals surface area contributed by atoms with E-state index in [0.29, 0.717) is 25.6 Å². The molecule has 0 amide bonds. The van der Waals surface area contributed by atoms with E-state index in [-0.39, 0.29) is 6.10 Å². The van der Waals surface area contributed by atoms with Crippen LogP contribution in [0.3, 0.4) is 0 Å². The number of hydrogen-bond donors (Lipinski definition) is 2. The molecule has 1 aromatic rings. The zero-order chi connectivity index (χ0) is 13.5. The van der Waals surface area contributed by atoms with Gasteiger partial charge in [0, 0.05) is 30.6 Å². The summed E-state index contributed by atoms with van der Waals surface area (Å²) in [6.45, 7) is 3.19. The van der Waals surface area contributed by atoms with Gasteiger partial charge in [-0.1, -0.05) is 17.7 Å². The predicted molar refractivity (Wildman–Crippen MR) is 75.6 cm³/mol. The summed E-state index contributed by atoms with van der Waals surface area (Å²) >= 11 is 6.02. The third kappa shape index (κ3) is 2.65. The number of aliphatic hydroxyl groups is 1. The number of halogens is 1. The summed E-state index contributed by atoms with van der Waals surface area (Å²) < 4.78 is 5.45. The summed E-state index contributed by atoms with van der Waals surface area (Å²) in [5.41, 5.74) is 1.98. The van der Waals surface area contributed by atoms with Crippen molar-refractivity contribution in [3.05, 3.63) is 34.3 Å². The van der Waals surface area contributed by atoms with E-state index < -0.39 is 5.60 Å². The molecule has 3 unspecified atom stereocenters. The van der Waals surface area contributed by atoms with Gasteiger partial charge in [0.05, 0.1) is 6.10 Å². The average molecular weight is 282 g/mol. The van der Waals surface area contributed by atoms with Crippen molar-refractivity contribution in [1.82, 2.24) is 5.32 Å². The lowest BCUT2D eigenvalue weighted by Gasteiger charge is -2.28. The van der Waals surface area contributed by atoms with E-state index in [4.69, 9.17) is 16.3 Å². The maximum absolute atomic E-state index is 10.5. The molecule has 1 aliphatic carbocycles. The number of ether oxygens (including phenoxy) is 1. The van der Waals surface area contributed by atoms with Gasteiger partial charge in [-0.3, -0.25) is 0 Å². The topological polar surface area (TPSA) is 41.5 Å². The maximum atomic E-state index is 10.5. The van der Waals surface area contributed by atoms with Gasteiger partial charge in [0.2, 0.25) is 0 Å². The first-order valence-electron chi connectivity index (χ1n) is 6.91. The zero-order valence-electron chi connectivity index (χ0n) is 11.2. The van der Waals surface area contributed by atoms with E-state index in [1.807, 2.05) is 13.0 Å². The smallest absolute Gasteiger partial charge is 0.105 e. The van der Waals surface area contributed by atoms with E-state index in [1.165, 1.54) is 11.1 Å². The summed E-state index contributed by atoms with van der Waals surface area (Å²) in [5.74, 6) is 0. The molecule has 0 aromatic heterocycles. The molecule has 0 bridgehead atoms. The molecule has 4 heteroatoms. The van der Waals surface area contributed by atoms with Crippen LogP contribution >= 0.6 is 11.6 Å². The van der Waals surface area contributed by atoms with Crippen LogP contribution in [-0.2, 0) is 17.6 Å². The SMILES string of the molecule is CC1OCCC1(O)CNC1Cc2ccc(Cl)cc2C1. The van der Waals surface area contributed by atoms with Gasteiger partial charge >= 0.3 is 0 Å². The third-order valence-electron chi connectivity index (χ3n) is 4.46. The summed E-state index contributed by atoms with van der Waals surface area (Å²) in [6.07, 6.45) is 2.63. The molecule has 104 valence electrons. The Hall–Kier alpha value is -0.610. The normalized spacial score (nSPS) is 33.6. The predicted octanol–water partition coefficient (Wildman–Crippen LogP) is 1.94. The van der Waals surface area contributed by atoms with Gasteiger partial charge in [-0.2, -0.15) is 0 Å². The molecule has 0 radical (unpaired) electrons. The molecule has 1 aliphatic heterocycles. The van der Waals surface area contributed by atoms with Crippen LogP contribution in [0.4, 0.5) is 0 Å². The van der Waals surface area contributed by atoms with Gasteiger partial charge in [0.1, 0.15) is 5.60 Å². The van der Waals surface area contributed by atoms with Crippen molar-refractivity contribution >= 4 is 11.6 Å². The maximum Gasteiger partial charge on any atom is 0.105 e. The van der Waals surface area contributed by atoms with Crippen molar-refractivity contribution in [1.29, 1.82) is 0 Å². The van der Waals surface area contributed by atoms with E-state index >= 15 is 0 Å². The highest BCUT2D eigenvalue weighted by molar-refractivity contribution is 6.30. The molecule has 0 spiro atoms. The largest absolute Gasteiger partial charge is 0.386 e. The molecule has 3 nitrogen and oxygen atoms in total. The van der Waals surface area contributed by atoms with Crippen molar-refractivity contribution in [2.75, 3.05) is 13.2 Å². The van der Waals surface area contributed by atoms with Gasteiger partial charge in [0.25, 0.3) is 0 Å². The third-order valence-corrected chi connectivity index (χ3v) is 4.69. The quantitative estimate of drug-likeness (QED) is 0.890. The second kappa shape index (κ2) is 5.06. The number of fused-ring (bicyclic) bond motifs is 1. The number of nitrogens with one attached hydrogen (secondary N) is 1. The Morgan fingerprint density at radius 2 is 2.21 bits per heavy atom. The Morgan fingerprint density at radius 3 is 2.95 bits per heavy atom. The highest BCUT2D eigenvalue weighted by atomic mass is 35.5. The molecular weight excluding hydrogens is 262 g/mol. The monoisotopic (exact) mass is 281 g/mol. The van der Waals surface area contributed by atoms with Crippen LogP contribution in [0.2, 0.25) is 5.02 Å². The molecule has 3 rings (SSSR count). The minimum atomic E-state index is -0.716. The van der Waals surface area contributed by atoms with Gasteiger partial charge in [-0.15, -0.1) is 0 Å². The van der Waals surface area contributed by atoms with Crippen LogP contribution < -0.4 is 5.32 Å². The molecule has 19 heavy (non-hydrogen) atoms. The van der Waals surface area contributed by atoms with Crippen molar-refractivity contribution < 1.29 is 9.84 Å². The van der Waals surface area contributed by atoms with Crippen molar-refractivity contribution in [2.24, 2.45) is 0 Å². The molecule has 1 aromatic carbocycles. The van der Waals surface area contributed by atoms with Gasteiger partial charge in [-0.05, 0) is 43.0 Å². The molecule has 1 fully saturated rings. The van der Waals surface area contributed by atoms with Crippen LogP contribution in [0.5, 0.6) is 0 Å². The Kier molecular flexibility index (Phi) is 3.56. The van der Waals surface area contributed by atoms with Crippen LogP contribution in [0.25, 0.3) is 0 Å². The fourth-order valence-electron chi connectivity index (χ4n) is 3.06. The molecular formula is C15H20ClNO2. The first-order chi connectivity index (χ1) is 9.07. The lowest BCUT2D eigenvalue weighted by atomic mass is 9.96. The fraction of sp³-hybridized carbons (Fsp3) is 0.600. The van der Waals surface area contributed by atoms with Gasteiger partial charge < -0.3 is 15.2 Å². The Morgan fingerprint density at radius 1 is 1.42 bits per heavy atom. The summed E-state index contributed by atoms with van der Waals surface area (Å²) in [7, 11) is 0. The van der Waals surface area contributed by atoms with E-state index in [2.05, 4.69) is 17.4 Å². The Balaban J connectivity index is 1.59. The number of hydrogen-bond acceptors (Lipinski definition) is 3. The molecule has 2 aliphatic rings. The average Bonchev–Trinajstić information content (AvgIpc) is 2.91. The fourth-order valence-corrected chi connectivity index (χ4v) is 3.25. The first kappa shape index (κ1) is 13.4. The second-order valence-corrected chi connectivity index (χ2v) is 6.20. The molecule has 1 saturated heterocycles. The van der Waals surface area contributed by atoms with Crippen LogP contribution in [0.1, 0.15) is 24.5 Å². The molecule has 1 heterocycles. The Bertz CT molecular complexity index is 479. The summed E-state index contributed by atoms with van der Waals surface area (Å²) in [4.78, 5) is 0. The summed E-state index contributed by atoms with van der Waals surface area (Å²) in [6, 6.07) is 6.50. The standard InChI is InChI=1S/C15H20ClNO2/c1-10-15(18,4-5-19-10)9-17-14-7-11-2-3-13(16)6-12(11)8-14/h2-3,6,10,14,17-18H,4-5,7-9H2,1H3. The van der Waals surface area contributed by atoms with Gasteiger partial charge in [-0.25, -0.2) is 0 Å². The lowest BCUT2D eigenvalue weighted by Crippen LogP contribution is -2.48. The first-order valence-corrected chi connectivity index (χ1v) is 7.29. The minimum absolute atomic E-state index is 0.0850. The molecule has 3 atom stereocenters. The zero-order valence-corrected chi connectivity index (χ0v) is 11.9. The molecule has 0 saturated carbocycles. The summed E-state index contributed by atoms with van der Waals surface area (Å²) in [5, 5.41) is 14.8. The molecule has 2 N–H and O–H groups in total. The van der Waals surface area contributed by atoms with Crippen molar-refractivity contribution in [3.8, 4) is 0 Å². The minimum Gasteiger partial charge on any atom is -0.386 e. The van der Waals surface area contributed by atoms with Crippen LogP contribution in [0, 0.1) is 0 Å². The van der Waals surface area contributed by atoms with Gasteiger partial charge in [0.15, 0.2) is 0 Å². The highest BCUT2D eigenvalue weighted by Crippen LogP contribution is 2.28.